The normalized spacial score (nSPS) is 24.0. The van der Waals surface area contributed by atoms with E-state index in [0.717, 1.165) is 5.56 Å². The zero-order valence-electron chi connectivity index (χ0n) is 15.1. The third-order valence-corrected chi connectivity index (χ3v) is 6.84. The molecule has 1 aromatic carbocycles. The first kappa shape index (κ1) is 18.1. The van der Waals surface area contributed by atoms with E-state index in [4.69, 9.17) is 4.74 Å². The van der Waals surface area contributed by atoms with E-state index in [1.807, 2.05) is 0 Å². The van der Waals surface area contributed by atoms with Crippen molar-refractivity contribution in [2.75, 3.05) is 24.7 Å². The minimum atomic E-state index is -3.21. The number of rotatable bonds is 2. The summed E-state index contributed by atoms with van der Waals surface area (Å²) < 4.78 is 44.5. The topological polar surface area (TPSA) is 81.5 Å². The monoisotopic (exact) mass is 393 g/mol. The number of halogens is 1. The van der Waals surface area contributed by atoms with E-state index in [1.54, 1.807) is 41.8 Å². The summed E-state index contributed by atoms with van der Waals surface area (Å²) >= 11 is 0. The molecule has 2 fully saturated rings. The molecule has 2 unspecified atom stereocenters. The molecule has 2 atom stereocenters. The van der Waals surface area contributed by atoms with E-state index < -0.39 is 22.0 Å². The molecule has 0 radical (unpaired) electrons. The summed E-state index contributed by atoms with van der Waals surface area (Å²) in [7, 11) is -1.50. The Morgan fingerprint density at radius 1 is 1.30 bits per heavy atom. The van der Waals surface area contributed by atoms with Crippen molar-refractivity contribution in [3.63, 3.8) is 0 Å². The lowest BCUT2D eigenvalue weighted by molar-refractivity contribution is -0.0363. The number of aromatic nitrogens is 2. The summed E-state index contributed by atoms with van der Waals surface area (Å²) in [4.78, 5) is 14.6. The molecule has 9 heteroatoms. The molecule has 0 N–H and O–H groups in total. The van der Waals surface area contributed by atoms with Gasteiger partial charge in [0.05, 0.1) is 36.0 Å². The fourth-order valence-electron chi connectivity index (χ4n) is 3.76. The number of amides is 1. The van der Waals surface area contributed by atoms with Gasteiger partial charge in [-0.05, 0) is 36.8 Å². The molecule has 0 bridgehead atoms. The van der Waals surface area contributed by atoms with Crippen LogP contribution >= 0.6 is 0 Å². The number of ether oxygens (including phenoxy) is 1. The van der Waals surface area contributed by atoms with Crippen molar-refractivity contribution in [3.05, 3.63) is 41.3 Å². The molecule has 7 nitrogen and oxygen atoms in total. The molecule has 0 aliphatic carbocycles. The van der Waals surface area contributed by atoms with Gasteiger partial charge in [0.1, 0.15) is 5.82 Å². The quantitative estimate of drug-likeness (QED) is 0.765. The Morgan fingerprint density at radius 3 is 2.81 bits per heavy atom. The summed E-state index contributed by atoms with van der Waals surface area (Å²) in [6.07, 6.45) is -0.476. The minimum Gasteiger partial charge on any atom is -0.373 e. The number of hydrogen-bond acceptors (Lipinski definition) is 5. The van der Waals surface area contributed by atoms with Crippen LogP contribution in [0.4, 0.5) is 4.39 Å². The van der Waals surface area contributed by atoms with E-state index in [9.17, 15) is 17.6 Å². The van der Waals surface area contributed by atoms with Crippen molar-refractivity contribution in [1.29, 1.82) is 0 Å². The number of carbonyl (C=O) groups excluding carboxylic acids is 1. The first-order valence-corrected chi connectivity index (χ1v) is 10.5. The SMILES string of the molecule is Cc1cc(-c2cc(C(=O)N3CCOC4CS(=O)(=O)CC43)nn2C)ccc1F. The largest absolute Gasteiger partial charge is 0.373 e. The number of aryl methyl sites for hydroxylation is 2. The highest BCUT2D eigenvalue weighted by molar-refractivity contribution is 7.91. The highest BCUT2D eigenvalue weighted by atomic mass is 32.2. The van der Waals surface area contributed by atoms with E-state index in [-0.39, 0.29) is 28.9 Å². The van der Waals surface area contributed by atoms with Crippen LogP contribution in [-0.4, -0.2) is 65.8 Å². The Labute approximate surface area is 156 Å². The summed E-state index contributed by atoms with van der Waals surface area (Å²) in [5.41, 5.74) is 2.18. The van der Waals surface area contributed by atoms with Crippen molar-refractivity contribution in [2.45, 2.75) is 19.1 Å². The molecule has 2 aromatic rings. The Bertz CT molecular complexity index is 1020. The van der Waals surface area contributed by atoms with Gasteiger partial charge in [0, 0.05) is 19.2 Å². The average Bonchev–Trinajstić information content (AvgIpc) is 3.14. The second-order valence-corrected chi connectivity index (χ2v) is 9.21. The zero-order chi connectivity index (χ0) is 19.3. The maximum absolute atomic E-state index is 13.5. The Balaban J connectivity index is 1.64. The van der Waals surface area contributed by atoms with Crippen LogP contribution in [0, 0.1) is 12.7 Å². The van der Waals surface area contributed by atoms with Gasteiger partial charge in [-0.25, -0.2) is 12.8 Å². The summed E-state index contributed by atoms with van der Waals surface area (Å²) in [5, 5.41) is 4.31. The number of benzene rings is 1. The predicted octanol–water partition coefficient (Wildman–Crippen LogP) is 1.17. The molecule has 144 valence electrons. The number of carbonyl (C=O) groups is 1. The first-order chi connectivity index (χ1) is 12.7. The molecule has 27 heavy (non-hydrogen) atoms. The second kappa shape index (κ2) is 6.42. The van der Waals surface area contributed by atoms with E-state index in [0.29, 0.717) is 24.4 Å². The zero-order valence-corrected chi connectivity index (χ0v) is 15.9. The Kier molecular flexibility index (Phi) is 4.31. The van der Waals surface area contributed by atoms with Gasteiger partial charge in [0.2, 0.25) is 0 Å². The number of hydrogen-bond donors (Lipinski definition) is 0. The van der Waals surface area contributed by atoms with E-state index in [2.05, 4.69) is 5.10 Å². The summed E-state index contributed by atoms with van der Waals surface area (Å²) in [6.45, 7) is 2.31. The molecule has 4 rings (SSSR count). The van der Waals surface area contributed by atoms with Crippen LogP contribution in [0.2, 0.25) is 0 Å². The summed E-state index contributed by atoms with van der Waals surface area (Å²) in [6, 6.07) is 5.91. The van der Waals surface area contributed by atoms with Crippen molar-refractivity contribution >= 4 is 15.7 Å². The first-order valence-electron chi connectivity index (χ1n) is 8.69. The fraction of sp³-hybridized carbons (Fsp3) is 0.444. The van der Waals surface area contributed by atoms with Crippen LogP contribution in [0.1, 0.15) is 16.1 Å². The molecule has 1 amide bonds. The molecular weight excluding hydrogens is 373 g/mol. The number of fused-ring (bicyclic) bond motifs is 1. The lowest BCUT2D eigenvalue weighted by atomic mass is 10.1. The molecule has 2 aliphatic rings. The van der Waals surface area contributed by atoms with Gasteiger partial charge < -0.3 is 9.64 Å². The molecule has 2 saturated heterocycles. The standard InChI is InChI=1S/C18H20FN3O4S/c1-11-7-12(3-4-13(11)19)15-8-14(20-21(15)2)18(23)22-5-6-26-17-10-27(24,25)9-16(17)22/h3-4,7-8,16-17H,5-6,9-10H2,1-2H3. The van der Waals surface area contributed by atoms with Crippen LogP contribution in [-0.2, 0) is 21.6 Å². The van der Waals surface area contributed by atoms with Crippen LogP contribution in [0.15, 0.2) is 24.3 Å². The second-order valence-electron chi connectivity index (χ2n) is 7.05. The minimum absolute atomic E-state index is 0.0518. The van der Waals surface area contributed by atoms with Gasteiger partial charge in [-0.2, -0.15) is 5.10 Å². The molecule has 1 aromatic heterocycles. The summed E-state index contributed by atoms with van der Waals surface area (Å²) in [5.74, 6) is -0.741. The molecule has 0 saturated carbocycles. The fourth-order valence-corrected chi connectivity index (χ4v) is 5.63. The van der Waals surface area contributed by atoms with Crippen molar-refractivity contribution in [2.24, 2.45) is 7.05 Å². The highest BCUT2D eigenvalue weighted by Gasteiger charge is 2.46. The molecule has 0 spiro atoms. The van der Waals surface area contributed by atoms with E-state index in [1.165, 1.54) is 6.07 Å². The van der Waals surface area contributed by atoms with Gasteiger partial charge in [-0.1, -0.05) is 0 Å². The lowest BCUT2D eigenvalue weighted by Crippen LogP contribution is -2.53. The van der Waals surface area contributed by atoms with Crippen molar-refractivity contribution in [3.8, 4) is 11.3 Å². The Morgan fingerprint density at radius 2 is 2.07 bits per heavy atom. The predicted molar refractivity (Wildman–Crippen MR) is 96.6 cm³/mol. The average molecular weight is 393 g/mol. The van der Waals surface area contributed by atoms with Crippen LogP contribution < -0.4 is 0 Å². The molecule has 2 aliphatic heterocycles. The number of nitrogens with zero attached hydrogens (tertiary/aromatic N) is 3. The van der Waals surface area contributed by atoms with Crippen molar-refractivity contribution in [1.82, 2.24) is 14.7 Å². The molecule has 3 heterocycles. The van der Waals surface area contributed by atoms with Gasteiger partial charge in [-0.3, -0.25) is 9.48 Å². The van der Waals surface area contributed by atoms with Gasteiger partial charge >= 0.3 is 0 Å². The number of sulfone groups is 1. The third kappa shape index (κ3) is 3.25. The number of morpholine rings is 1. The maximum Gasteiger partial charge on any atom is 0.274 e. The van der Waals surface area contributed by atoms with Gasteiger partial charge in [0.25, 0.3) is 5.91 Å². The van der Waals surface area contributed by atoms with E-state index >= 15 is 0 Å². The Hall–Kier alpha value is -2.26. The van der Waals surface area contributed by atoms with Crippen LogP contribution in [0.5, 0.6) is 0 Å². The smallest absolute Gasteiger partial charge is 0.274 e. The van der Waals surface area contributed by atoms with Gasteiger partial charge in [-0.15, -0.1) is 0 Å². The highest BCUT2D eigenvalue weighted by Crippen LogP contribution is 2.27. The van der Waals surface area contributed by atoms with Crippen LogP contribution in [0.25, 0.3) is 11.3 Å². The molecular formula is C18H20FN3O4S. The maximum atomic E-state index is 13.5. The lowest BCUT2D eigenvalue weighted by Gasteiger charge is -2.36. The van der Waals surface area contributed by atoms with Crippen molar-refractivity contribution < 1.29 is 22.3 Å². The van der Waals surface area contributed by atoms with Gasteiger partial charge in [0.15, 0.2) is 15.5 Å². The third-order valence-electron chi connectivity index (χ3n) is 5.15. The van der Waals surface area contributed by atoms with Crippen LogP contribution in [0.3, 0.4) is 0 Å².